The summed E-state index contributed by atoms with van der Waals surface area (Å²) >= 11 is 0. The van der Waals surface area contributed by atoms with E-state index in [4.69, 9.17) is 0 Å². The van der Waals surface area contributed by atoms with Crippen molar-refractivity contribution in [2.75, 3.05) is 26.2 Å². The summed E-state index contributed by atoms with van der Waals surface area (Å²) in [7, 11) is 0. The summed E-state index contributed by atoms with van der Waals surface area (Å²) < 4.78 is 0. The van der Waals surface area contributed by atoms with E-state index >= 15 is 0 Å². The van der Waals surface area contributed by atoms with Crippen LogP contribution in [0.1, 0.15) is 47.5 Å². The van der Waals surface area contributed by atoms with Gasteiger partial charge in [0, 0.05) is 25.7 Å². The molecule has 1 heterocycles. The molecule has 0 spiro atoms. The molecule has 2 atom stereocenters. The number of nitrogens with one attached hydrogen (secondary N) is 1. The van der Waals surface area contributed by atoms with Crippen LogP contribution in [-0.2, 0) is 0 Å². The molecule has 1 aliphatic rings. The normalized spacial score (nSPS) is 27.5. The molecular formula is C15H32N2O. The first kappa shape index (κ1) is 15.9. The van der Waals surface area contributed by atoms with Crippen LogP contribution in [0.4, 0.5) is 0 Å². The quantitative estimate of drug-likeness (QED) is 0.808. The van der Waals surface area contributed by atoms with E-state index in [2.05, 4.69) is 44.8 Å². The third-order valence-electron chi connectivity index (χ3n) is 3.52. The molecule has 1 saturated heterocycles. The summed E-state index contributed by atoms with van der Waals surface area (Å²) in [6, 6.07) is 0.530. The second-order valence-corrected chi connectivity index (χ2v) is 7.46. The molecule has 2 N–H and O–H groups in total. The molecule has 0 saturated carbocycles. The van der Waals surface area contributed by atoms with Gasteiger partial charge in [-0.2, -0.15) is 0 Å². The predicted molar refractivity (Wildman–Crippen MR) is 77.8 cm³/mol. The molecule has 0 aromatic rings. The molecule has 3 heteroatoms. The minimum atomic E-state index is -0.220. The molecule has 1 rings (SSSR count). The summed E-state index contributed by atoms with van der Waals surface area (Å²) in [5.74, 6) is 0.710. The number of hydrogen-bond acceptors (Lipinski definition) is 3. The Hall–Kier alpha value is -0.120. The highest BCUT2D eigenvalue weighted by Crippen LogP contribution is 2.20. The average molecular weight is 256 g/mol. The van der Waals surface area contributed by atoms with E-state index in [1.165, 1.54) is 12.8 Å². The van der Waals surface area contributed by atoms with Crippen LogP contribution < -0.4 is 5.32 Å². The Morgan fingerprint density at radius 2 is 1.94 bits per heavy atom. The summed E-state index contributed by atoms with van der Waals surface area (Å²) in [5, 5.41) is 13.4. The Labute approximate surface area is 113 Å². The highest BCUT2D eigenvalue weighted by molar-refractivity contribution is 4.82. The first-order valence-electron chi connectivity index (χ1n) is 7.40. The predicted octanol–water partition coefficient (Wildman–Crippen LogP) is 2.10. The summed E-state index contributed by atoms with van der Waals surface area (Å²) in [6.45, 7) is 15.1. The lowest BCUT2D eigenvalue weighted by atomic mass is 9.92. The highest BCUT2D eigenvalue weighted by Gasteiger charge is 2.23. The second kappa shape index (κ2) is 6.88. The summed E-state index contributed by atoms with van der Waals surface area (Å²) in [5.41, 5.74) is 0.373. The zero-order valence-electron chi connectivity index (χ0n) is 12.9. The van der Waals surface area contributed by atoms with Crippen molar-refractivity contribution in [1.82, 2.24) is 10.2 Å². The van der Waals surface area contributed by atoms with Gasteiger partial charge < -0.3 is 10.4 Å². The standard InChI is InChI=1S/C15H32N2O/c1-12(2)8-13-10-17(7-6-15(3,4)5)11-14(18)9-16-13/h12-14,16,18H,6-11H2,1-5H3/t13-,14+/m1/s1. The van der Waals surface area contributed by atoms with Gasteiger partial charge in [0.2, 0.25) is 0 Å². The maximum atomic E-state index is 9.94. The molecular weight excluding hydrogens is 224 g/mol. The number of aliphatic hydroxyl groups excluding tert-OH is 1. The van der Waals surface area contributed by atoms with Crippen LogP contribution in [-0.4, -0.2) is 48.3 Å². The number of rotatable bonds is 4. The Morgan fingerprint density at radius 3 is 2.50 bits per heavy atom. The van der Waals surface area contributed by atoms with Gasteiger partial charge in [-0.15, -0.1) is 0 Å². The van der Waals surface area contributed by atoms with Gasteiger partial charge in [0.05, 0.1) is 6.10 Å². The van der Waals surface area contributed by atoms with Crippen molar-refractivity contribution in [3.63, 3.8) is 0 Å². The number of aliphatic hydroxyl groups is 1. The maximum absolute atomic E-state index is 9.94. The van der Waals surface area contributed by atoms with Crippen LogP contribution in [0.15, 0.2) is 0 Å². The number of hydrogen-bond donors (Lipinski definition) is 2. The van der Waals surface area contributed by atoms with Crippen molar-refractivity contribution >= 4 is 0 Å². The van der Waals surface area contributed by atoms with Crippen molar-refractivity contribution < 1.29 is 5.11 Å². The third-order valence-corrected chi connectivity index (χ3v) is 3.52. The molecule has 0 amide bonds. The zero-order chi connectivity index (χ0) is 13.8. The Balaban J connectivity index is 2.48. The van der Waals surface area contributed by atoms with E-state index in [0.29, 0.717) is 17.4 Å². The maximum Gasteiger partial charge on any atom is 0.0791 e. The monoisotopic (exact) mass is 256 g/mol. The lowest BCUT2D eigenvalue weighted by Gasteiger charge is -2.28. The molecule has 0 radical (unpaired) electrons. The van der Waals surface area contributed by atoms with Crippen molar-refractivity contribution in [2.45, 2.75) is 59.6 Å². The molecule has 18 heavy (non-hydrogen) atoms. The van der Waals surface area contributed by atoms with Crippen molar-refractivity contribution in [2.24, 2.45) is 11.3 Å². The second-order valence-electron chi connectivity index (χ2n) is 7.46. The highest BCUT2D eigenvalue weighted by atomic mass is 16.3. The van der Waals surface area contributed by atoms with Crippen LogP contribution in [0.2, 0.25) is 0 Å². The molecule has 1 aliphatic heterocycles. The van der Waals surface area contributed by atoms with Crippen LogP contribution in [0, 0.1) is 11.3 Å². The van der Waals surface area contributed by atoms with Crippen molar-refractivity contribution in [3.05, 3.63) is 0 Å². The lowest BCUT2D eigenvalue weighted by molar-refractivity contribution is 0.122. The minimum Gasteiger partial charge on any atom is -0.390 e. The van der Waals surface area contributed by atoms with Crippen molar-refractivity contribution in [3.8, 4) is 0 Å². The molecule has 1 fully saturated rings. The van der Waals surface area contributed by atoms with E-state index in [9.17, 15) is 5.11 Å². The van der Waals surface area contributed by atoms with E-state index in [1.807, 2.05) is 0 Å². The lowest BCUT2D eigenvalue weighted by Crippen LogP contribution is -2.39. The van der Waals surface area contributed by atoms with Gasteiger partial charge in [0.1, 0.15) is 0 Å². The van der Waals surface area contributed by atoms with E-state index < -0.39 is 0 Å². The summed E-state index contributed by atoms with van der Waals surface area (Å²) in [4.78, 5) is 2.43. The molecule has 108 valence electrons. The minimum absolute atomic E-state index is 0.220. The average Bonchev–Trinajstić information content (AvgIpc) is 2.36. The van der Waals surface area contributed by atoms with Gasteiger partial charge in [-0.05, 0) is 30.7 Å². The van der Waals surface area contributed by atoms with Crippen molar-refractivity contribution in [1.29, 1.82) is 0 Å². The van der Waals surface area contributed by atoms with Gasteiger partial charge >= 0.3 is 0 Å². The zero-order valence-corrected chi connectivity index (χ0v) is 12.9. The van der Waals surface area contributed by atoms with Gasteiger partial charge in [-0.1, -0.05) is 34.6 Å². The SMILES string of the molecule is CC(C)C[C@@H]1CN(CCC(C)(C)C)C[C@@H](O)CN1. The van der Waals surface area contributed by atoms with E-state index in [-0.39, 0.29) is 6.10 Å². The fourth-order valence-corrected chi connectivity index (χ4v) is 2.52. The third kappa shape index (κ3) is 6.72. The Bertz CT molecular complexity index is 235. The fraction of sp³-hybridized carbons (Fsp3) is 1.00. The first-order chi connectivity index (χ1) is 8.26. The van der Waals surface area contributed by atoms with Gasteiger partial charge in [0.15, 0.2) is 0 Å². The van der Waals surface area contributed by atoms with Crippen LogP contribution >= 0.6 is 0 Å². The topological polar surface area (TPSA) is 35.5 Å². The van der Waals surface area contributed by atoms with Gasteiger partial charge in [0.25, 0.3) is 0 Å². The molecule has 0 aliphatic carbocycles. The largest absolute Gasteiger partial charge is 0.390 e. The first-order valence-corrected chi connectivity index (χ1v) is 7.40. The molecule has 0 aromatic carbocycles. The van der Waals surface area contributed by atoms with Crippen LogP contribution in [0.5, 0.6) is 0 Å². The fourth-order valence-electron chi connectivity index (χ4n) is 2.52. The molecule has 0 bridgehead atoms. The smallest absolute Gasteiger partial charge is 0.0791 e. The Morgan fingerprint density at radius 1 is 1.28 bits per heavy atom. The molecule has 0 unspecified atom stereocenters. The molecule has 0 aromatic heterocycles. The number of nitrogens with zero attached hydrogens (tertiary/aromatic N) is 1. The molecule has 3 nitrogen and oxygen atoms in total. The van der Waals surface area contributed by atoms with Gasteiger partial charge in [-0.25, -0.2) is 0 Å². The summed E-state index contributed by atoms with van der Waals surface area (Å²) in [6.07, 6.45) is 2.16. The Kier molecular flexibility index (Phi) is 6.09. The van der Waals surface area contributed by atoms with Crippen LogP contribution in [0.3, 0.4) is 0 Å². The number of β-amino-alcohol motifs (C(OH)–C–C–N with tert-alkyl or cyclic N) is 1. The van der Waals surface area contributed by atoms with Gasteiger partial charge in [-0.3, -0.25) is 4.90 Å². The van der Waals surface area contributed by atoms with E-state index in [1.54, 1.807) is 0 Å². The van der Waals surface area contributed by atoms with Crippen LogP contribution in [0.25, 0.3) is 0 Å². The van der Waals surface area contributed by atoms with E-state index in [0.717, 1.165) is 26.2 Å².